The molecule has 0 amide bonds. The number of aromatic amines is 1. The highest BCUT2D eigenvalue weighted by Gasteiger charge is 2.17. The first-order valence-corrected chi connectivity index (χ1v) is 10.5. The third-order valence-electron chi connectivity index (χ3n) is 5.09. The number of aromatic nitrogens is 5. The lowest BCUT2D eigenvalue weighted by Crippen LogP contribution is -1.91. The normalized spacial score (nSPS) is 11.4. The van der Waals surface area contributed by atoms with E-state index in [0.717, 1.165) is 37.5 Å². The van der Waals surface area contributed by atoms with Crippen LogP contribution >= 0.6 is 15.9 Å². The van der Waals surface area contributed by atoms with Gasteiger partial charge in [0.05, 0.1) is 22.1 Å². The zero-order valence-corrected chi connectivity index (χ0v) is 17.7. The second kappa shape index (κ2) is 7.14. The van der Waals surface area contributed by atoms with Crippen LogP contribution in [0, 0.1) is 0 Å². The molecule has 0 spiro atoms. The number of pyridine rings is 1. The fourth-order valence-corrected chi connectivity index (χ4v) is 3.85. The number of benzene rings is 3. The van der Waals surface area contributed by atoms with Crippen molar-refractivity contribution in [1.82, 2.24) is 25.1 Å². The van der Waals surface area contributed by atoms with Crippen LogP contribution in [-0.2, 0) is 0 Å². The summed E-state index contributed by atoms with van der Waals surface area (Å²) in [6.07, 6.45) is 0. The number of hydrogen-bond donors (Lipinski definition) is 1. The smallest absolute Gasteiger partial charge is 0.248 e. The van der Waals surface area contributed by atoms with E-state index in [2.05, 4.69) is 31.1 Å². The molecule has 6 nitrogen and oxygen atoms in total. The second-order valence-electron chi connectivity index (χ2n) is 7.09. The average molecular weight is 468 g/mol. The molecular formula is C24H14BrN5O. The summed E-state index contributed by atoms with van der Waals surface area (Å²) >= 11 is 3.45. The summed E-state index contributed by atoms with van der Waals surface area (Å²) < 4.78 is 7.05. The average Bonchev–Trinajstić information content (AvgIpc) is 3.46. The van der Waals surface area contributed by atoms with Crippen molar-refractivity contribution in [3.05, 3.63) is 83.3 Å². The van der Waals surface area contributed by atoms with Crippen molar-refractivity contribution >= 4 is 37.9 Å². The maximum Gasteiger partial charge on any atom is 0.248 e. The lowest BCUT2D eigenvalue weighted by molar-refractivity contribution is 0.585. The number of para-hydroxylation sites is 3. The molecule has 0 radical (unpaired) electrons. The first-order chi connectivity index (χ1) is 15.2. The van der Waals surface area contributed by atoms with Gasteiger partial charge in [0.15, 0.2) is 5.82 Å². The molecule has 1 N–H and O–H groups in total. The van der Waals surface area contributed by atoms with Gasteiger partial charge in [-0.3, -0.25) is 0 Å². The SMILES string of the molecule is Brc1ccc(-c2nnc(-c3cc(-c4nc5ccccc5[nH]4)nc4ccccc34)o2)cc1. The Balaban J connectivity index is 1.52. The van der Waals surface area contributed by atoms with Crippen LogP contribution in [0.15, 0.2) is 87.8 Å². The van der Waals surface area contributed by atoms with Gasteiger partial charge in [-0.25, -0.2) is 9.97 Å². The molecule has 0 aliphatic carbocycles. The van der Waals surface area contributed by atoms with Gasteiger partial charge in [-0.05, 0) is 48.5 Å². The molecule has 31 heavy (non-hydrogen) atoms. The zero-order valence-electron chi connectivity index (χ0n) is 16.1. The third kappa shape index (κ3) is 3.19. The molecule has 0 unspecified atom stereocenters. The standard InChI is InChI=1S/C24H14BrN5O/c25-15-11-9-14(10-12-15)23-29-30-24(31-23)17-13-21(26-18-6-2-1-5-16(17)18)22-27-19-7-3-4-8-20(19)28-22/h1-13H,(H,27,28). The molecule has 6 rings (SSSR count). The number of fused-ring (bicyclic) bond motifs is 2. The van der Waals surface area contributed by atoms with Gasteiger partial charge in [-0.15, -0.1) is 10.2 Å². The van der Waals surface area contributed by atoms with Crippen molar-refractivity contribution in [1.29, 1.82) is 0 Å². The molecule has 3 aromatic heterocycles. The van der Waals surface area contributed by atoms with Gasteiger partial charge >= 0.3 is 0 Å². The van der Waals surface area contributed by atoms with E-state index in [-0.39, 0.29) is 0 Å². The molecule has 3 heterocycles. The summed E-state index contributed by atoms with van der Waals surface area (Å²) in [7, 11) is 0. The molecule has 0 saturated heterocycles. The summed E-state index contributed by atoms with van der Waals surface area (Å²) in [4.78, 5) is 12.9. The number of halogens is 1. The van der Waals surface area contributed by atoms with Crippen LogP contribution in [0.25, 0.3) is 56.4 Å². The minimum atomic E-state index is 0.439. The van der Waals surface area contributed by atoms with Crippen molar-refractivity contribution in [2.75, 3.05) is 0 Å². The Morgan fingerprint density at radius 2 is 1.48 bits per heavy atom. The molecule has 148 valence electrons. The molecule has 7 heteroatoms. The molecule has 0 aliphatic heterocycles. The molecule has 0 aliphatic rings. The Kier molecular flexibility index (Phi) is 4.14. The highest BCUT2D eigenvalue weighted by Crippen LogP contribution is 2.33. The molecular weight excluding hydrogens is 454 g/mol. The fraction of sp³-hybridized carbons (Fsp3) is 0. The van der Waals surface area contributed by atoms with Crippen molar-refractivity contribution in [2.24, 2.45) is 0 Å². The number of imidazole rings is 1. The minimum absolute atomic E-state index is 0.439. The summed E-state index contributed by atoms with van der Waals surface area (Å²) in [5.41, 5.74) is 5.08. The van der Waals surface area contributed by atoms with E-state index < -0.39 is 0 Å². The molecule has 0 atom stereocenters. The van der Waals surface area contributed by atoms with Crippen molar-refractivity contribution in [3.63, 3.8) is 0 Å². The van der Waals surface area contributed by atoms with Crippen molar-refractivity contribution in [2.45, 2.75) is 0 Å². The maximum atomic E-state index is 6.06. The van der Waals surface area contributed by atoms with Crippen molar-refractivity contribution in [3.8, 4) is 34.4 Å². The van der Waals surface area contributed by atoms with Crippen LogP contribution < -0.4 is 0 Å². The largest absolute Gasteiger partial charge is 0.416 e. The van der Waals surface area contributed by atoms with Crippen LogP contribution in [0.2, 0.25) is 0 Å². The number of nitrogens with zero attached hydrogens (tertiary/aromatic N) is 4. The third-order valence-corrected chi connectivity index (χ3v) is 5.62. The van der Waals surface area contributed by atoms with Gasteiger partial charge in [0.2, 0.25) is 11.8 Å². The first kappa shape index (κ1) is 18.0. The van der Waals surface area contributed by atoms with Crippen LogP contribution in [0.4, 0.5) is 0 Å². The molecule has 0 saturated carbocycles. The Labute approximate surface area is 185 Å². The molecule has 0 bridgehead atoms. The van der Waals surface area contributed by atoms with Gasteiger partial charge < -0.3 is 9.40 Å². The number of rotatable bonds is 3. The second-order valence-corrected chi connectivity index (χ2v) is 8.01. The van der Waals surface area contributed by atoms with Gasteiger partial charge in [0.1, 0.15) is 5.69 Å². The van der Waals surface area contributed by atoms with E-state index in [1.807, 2.05) is 78.9 Å². The van der Waals surface area contributed by atoms with Gasteiger partial charge in [-0.2, -0.15) is 0 Å². The highest BCUT2D eigenvalue weighted by atomic mass is 79.9. The van der Waals surface area contributed by atoms with E-state index in [1.54, 1.807) is 0 Å². The lowest BCUT2D eigenvalue weighted by atomic mass is 10.1. The molecule has 3 aromatic carbocycles. The quantitative estimate of drug-likeness (QED) is 0.332. The summed E-state index contributed by atoms with van der Waals surface area (Å²) in [5, 5.41) is 9.53. The number of H-pyrrole nitrogens is 1. The van der Waals surface area contributed by atoms with E-state index in [9.17, 15) is 0 Å². The van der Waals surface area contributed by atoms with Gasteiger partial charge in [0, 0.05) is 15.4 Å². The zero-order chi connectivity index (χ0) is 20.8. The predicted octanol–water partition coefficient (Wildman–Crippen LogP) is 6.26. The Hall–Kier alpha value is -3.84. The van der Waals surface area contributed by atoms with Crippen molar-refractivity contribution < 1.29 is 4.42 Å². The topological polar surface area (TPSA) is 80.5 Å². The monoisotopic (exact) mass is 467 g/mol. The first-order valence-electron chi connectivity index (χ1n) is 9.69. The molecule has 0 fully saturated rings. The summed E-state index contributed by atoms with van der Waals surface area (Å²) in [5.74, 6) is 1.60. The van der Waals surface area contributed by atoms with Crippen LogP contribution in [0.5, 0.6) is 0 Å². The Morgan fingerprint density at radius 3 is 2.32 bits per heavy atom. The number of nitrogens with one attached hydrogen (secondary N) is 1. The van der Waals surface area contributed by atoms with E-state index >= 15 is 0 Å². The van der Waals surface area contributed by atoms with Gasteiger partial charge in [-0.1, -0.05) is 46.3 Å². The highest BCUT2D eigenvalue weighted by molar-refractivity contribution is 9.10. The van der Waals surface area contributed by atoms with Crippen LogP contribution in [0.1, 0.15) is 0 Å². The minimum Gasteiger partial charge on any atom is -0.416 e. The van der Waals surface area contributed by atoms with E-state index in [0.29, 0.717) is 23.3 Å². The fourth-order valence-electron chi connectivity index (χ4n) is 3.59. The predicted molar refractivity (Wildman–Crippen MR) is 123 cm³/mol. The Bertz CT molecular complexity index is 1520. The van der Waals surface area contributed by atoms with Crippen LogP contribution in [0.3, 0.4) is 0 Å². The summed E-state index contributed by atoms with van der Waals surface area (Å²) in [6.45, 7) is 0. The summed E-state index contributed by atoms with van der Waals surface area (Å²) in [6, 6.07) is 25.5. The molecule has 6 aromatic rings. The van der Waals surface area contributed by atoms with Gasteiger partial charge in [0.25, 0.3) is 0 Å². The maximum absolute atomic E-state index is 6.06. The van der Waals surface area contributed by atoms with E-state index in [4.69, 9.17) is 14.4 Å². The lowest BCUT2D eigenvalue weighted by Gasteiger charge is -2.05. The number of hydrogen-bond acceptors (Lipinski definition) is 5. The van der Waals surface area contributed by atoms with Crippen LogP contribution in [-0.4, -0.2) is 25.1 Å². The van der Waals surface area contributed by atoms with E-state index in [1.165, 1.54) is 0 Å². The Morgan fingerprint density at radius 1 is 0.742 bits per heavy atom.